The molecular formula is C32H44N4Si. The number of hydrogen-bond donors (Lipinski definition) is 0. The smallest absolute Gasteiger partial charge is 0.163 e. The molecule has 0 saturated heterocycles. The topological polar surface area (TPSA) is 35.6 Å². The van der Waals surface area contributed by atoms with Gasteiger partial charge >= 0.3 is 0 Å². The number of benzene rings is 2. The molecule has 4 nitrogen and oxygen atoms in total. The predicted molar refractivity (Wildman–Crippen MR) is 159 cm³/mol. The van der Waals surface area contributed by atoms with E-state index in [-0.39, 0.29) is 0 Å². The Morgan fingerprint density at radius 3 is 1.35 bits per heavy atom. The Morgan fingerprint density at radius 2 is 0.973 bits per heavy atom. The van der Waals surface area contributed by atoms with E-state index in [2.05, 4.69) is 137 Å². The van der Waals surface area contributed by atoms with E-state index in [1.165, 1.54) is 22.5 Å². The minimum Gasteiger partial charge on any atom is -0.241 e. The average molecular weight is 513 g/mol. The summed E-state index contributed by atoms with van der Waals surface area (Å²) in [5.41, 5.74) is 5.68. The molecule has 2 aromatic carbocycles. The quantitative estimate of drug-likeness (QED) is 0.242. The van der Waals surface area contributed by atoms with Crippen molar-refractivity contribution in [3.63, 3.8) is 0 Å². The number of hydrogen-bond acceptors (Lipinski definition) is 2. The fourth-order valence-corrected chi connectivity index (χ4v) is 6.59. The third-order valence-electron chi connectivity index (χ3n) is 7.22. The van der Waals surface area contributed by atoms with E-state index in [0.717, 1.165) is 36.3 Å². The molecule has 0 aliphatic carbocycles. The van der Waals surface area contributed by atoms with Gasteiger partial charge in [0.2, 0.25) is 0 Å². The lowest BCUT2D eigenvalue weighted by atomic mass is 9.88. The van der Waals surface area contributed by atoms with E-state index in [1.54, 1.807) is 0 Å². The Morgan fingerprint density at radius 1 is 0.595 bits per heavy atom. The molecule has 0 spiro atoms. The second-order valence-electron chi connectivity index (χ2n) is 13.3. The Labute approximate surface area is 224 Å². The molecule has 0 amide bonds. The second-order valence-corrected chi connectivity index (χ2v) is 17.6. The van der Waals surface area contributed by atoms with Gasteiger partial charge in [-0.1, -0.05) is 91.0 Å². The Bertz CT molecular complexity index is 1230. The maximum Gasteiger partial charge on any atom is 0.163 e. The molecule has 4 aromatic rings. The van der Waals surface area contributed by atoms with Crippen molar-refractivity contribution >= 4 is 18.7 Å². The molecule has 0 bridgehead atoms. The summed E-state index contributed by atoms with van der Waals surface area (Å²) in [6, 6.07) is 21.7. The zero-order valence-corrected chi connectivity index (χ0v) is 25.0. The summed E-state index contributed by atoms with van der Waals surface area (Å²) >= 11 is 0. The van der Waals surface area contributed by atoms with Crippen LogP contribution in [0.15, 0.2) is 73.1 Å². The van der Waals surface area contributed by atoms with Crippen LogP contribution in [-0.4, -0.2) is 27.6 Å². The maximum atomic E-state index is 5.12. The third kappa shape index (κ3) is 6.69. The van der Waals surface area contributed by atoms with Crippen molar-refractivity contribution < 1.29 is 0 Å². The molecule has 0 radical (unpaired) electrons. The number of para-hydroxylation sites is 2. The molecule has 37 heavy (non-hydrogen) atoms. The molecule has 2 heterocycles. The Kier molecular flexibility index (Phi) is 7.66. The molecule has 0 atom stereocenters. The van der Waals surface area contributed by atoms with Gasteiger partial charge in [0.1, 0.15) is 0 Å². The zero-order chi connectivity index (χ0) is 26.8. The lowest BCUT2D eigenvalue weighted by Crippen LogP contribution is -2.54. The molecule has 0 saturated carbocycles. The minimum atomic E-state index is -2.08. The van der Waals surface area contributed by atoms with Crippen LogP contribution in [0.2, 0.25) is 13.1 Å². The van der Waals surface area contributed by atoms with Crippen LogP contribution in [0.1, 0.15) is 65.5 Å². The fraction of sp³-hybridized carbons (Fsp3) is 0.438. The minimum absolute atomic E-state index is 0.307. The molecular weight excluding hydrogens is 468 g/mol. The normalized spacial score (nSPS) is 12.8. The summed E-state index contributed by atoms with van der Waals surface area (Å²) in [7, 11) is -2.08. The van der Waals surface area contributed by atoms with Crippen LogP contribution in [-0.2, 0) is 12.8 Å². The van der Waals surface area contributed by atoms with Crippen molar-refractivity contribution in [2.24, 2.45) is 10.8 Å². The third-order valence-corrected chi connectivity index (χ3v) is 10.3. The van der Waals surface area contributed by atoms with E-state index >= 15 is 0 Å². The van der Waals surface area contributed by atoms with Crippen LogP contribution < -0.4 is 10.6 Å². The Hall–Kier alpha value is -2.92. The SMILES string of the molecule is CC(C)(C)CCc1ccccc1-n1ccc([Si](C)(C)c2ccn(-c3ccccc3CCC(C)(C)C)n2)n1. The van der Waals surface area contributed by atoms with Crippen LogP contribution >= 0.6 is 0 Å². The summed E-state index contributed by atoms with van der Waals surface area (Å²) in [4.78, 5) is 0. The molecule has 5 heteroatoms. The van der Waals surface area contributed by atoms with E-state index in [4.69, 9.17) is 10.2 Å². The number of aromatic nitrogens is 4. The zero-order valence-electron chi connectivity index (χ0n) is 24.0. The van der Waals surface area contributed by atoms with Crippen molar-refractivity contribution in [2.45, 2.75) is 80.3 Å². The first-order valence-corrected chi connectivity index (χ1v) is 16.6. The first kappa shape index (κ1) is 27.1. The highest BCUT2D eigenvalue weighted by atomic mass is 28.3. The molecule has 4 rings (SSSR count). The van der Waals surface area contributed by atoms with Gasteiger partial charge in [0, 0.05) is 12.4 Å². The summed E-state index contributed by atoms with van der Waals surface area (Å²) in [5, 5.41) is 12.6. The van der Waals surface area contributed by atoms with Crippen LogP contribution in [0, 0.1) is 10.8 Å². The van der Waals surface area contributed by atoms with Gasteiger partial charge in [-0.2, -0.15) is 10.2 Å². The molecule has 0 aliphatic rings. The van der Waals surface area contributed by atoms with Gasteiger partial charge in [0.25, 0.3) is 0 Å². The van der Waals surface area contributed by atoms with Crippen molar-refractivity contribution in [3.8, 4) is 11.4 Å². The van der Waals surface area contributed by atoms with Gasteiger partial charge in [-0.25, -0.2) is 9.36 Å². The van der Waals surface area contributed by atoms with Gasteiger partial charge in [-0.05, 0) is 71.9 Å². The van der Waals surface area contributed by atoms with Crippen LogP contribution in [0.4, 0.5) is 0 Å². The van der Waals surface area contributed by atoms with Gasteiger partial charge < -0.3 is 0 Å². The standard InChI is InChI=1S/C32H44N4Si/c1-31(2,3)21-17-25-13-9-11-15-27(25)35-23-19-29(33-35)37(7,8)30-20-24-36(34-30)28-16-12-10-14-26(28)18-22-32(4,5)6/h9-16,19-20,23-24H,17-18,21-22H2,1-8H3. The van der Waals surface area contributed by atoms with Crippen LogP contribution in [0.5, 0.6) is 0 Å². The predicted octanol–water partition coefficient (Wildman–Crippen LogP) is 6.84. The van der Waals surface area contributed by atoms with Gasteiger partial charge in [0.15, 0.2) is 8.07 Å². The maximum absolute atomic E-state index is 5.12. The number of rotatable bonds is 8. The van der Waals surface area contributed by atoms with Crippen molar-refractivity contribution in [1.29, 1.82) is 0 Å². The summed E-state index contributed by atoms with van der Waals surface area (Å²) < 4.78 is 4.14. The second kappa shape index (κ2) is 10.4. The molecule has 0 aliphatic heterocycles. The van der Waals surface area contributed by atoms with Crippen LogP contribution in [0.25, 0.3) is 11.4 Å². The van der Waals surface area contributed by atoms with E-state index in [9.17, 15) is 0 Å². The molecule has 0 unspecified atom stereocenters. The summed E-state index contributed by atoms with van der Waals surface area (Å²) in [6.45, 7) is 18.5. The highest BCUT2D eigenvalue weighted by Gasteiger charge is 2.32. The summed E-state index contributed by atoms with van der Waals surface area (Å²) in [6.07, 6.45) is 8.64. The number of aryl methyl sites for hydroxylation is 2. The van der Waals surface area contributed by atoms with Crippen molar-refractivity contribution in [1.82, 2.24) is 19.6 Å². The lowest BCUT2D eigenvalue weighted by molar-refractivity contribution is 0.377. The lowest BCUT2D eigenvalue weighted by Gasteiger charge is -2.20. The Balaban J connectivity index is 1.59. The van der Waals surface area contributed by atoms with Crippen LogP contribution in [0.3, 0.4) is 0 Å². The summed E-state index contributed by atoms with van der Waals surface area (Å²) in [5.74, 6) is 0. The average Bonchev–Trinajstić information content (AvgIpc) is 3.52. The van der Waals surface area contributed by atoms with Gasteiger partial charge in [-0.15, -0.1) is 0 Å². The molecule has 196 valence electrons. The van der Waals surface area contributed by atoms with Crippen molar-refractivity contribution in [2.75, 3.05) is 0 Å². The van der Waals surface area contributed by atoms with E-state index in [0.29, 0.717) is 10.8 Å². The number of nitrogens with zero attached hydrogens (tertiary/aromatic N) is 4. The molecule has 0 N–H and O–H groups in total. The molecule has 0 fully saturated rings. The highest BCUT2D eigenvalue weighted by Crippen LogP contribution is 2.25. The first-order chi connectivity index (χ1) is 17.3. The molecule has 2 aromatic heterocycles. The van der Waals surface area contributed by atoms with Gasteiger partial charge in [0.05, 0.1) is 22.0 Å². The largest absolute Gasteiger partial charge is 0.241 e. The first-order valence-electron chi connectivity index (χ1n) is 13.6. The monoisotopic (exact) mass is 512 g/mol. The highest BCUT2D eigenvalue weighted by molar-refractivity contribution is 6.99. The van der Waals surface area contributed by atoms with Crippen molar-refractivity contribution in [3.05, 3.63) is 84.2 Å². The fourth-order valence-electron chi connectivity index (χ4n) is 4.62. The van der Waals surface area contributed by atoms with E-state index in [1.807, 2.05) is 0 Å². The van der Waals surface area contributed by atoms with Gasteiger partial charge in [-0.3, -0.25) is 0 Å². The van der Waals surface area contributed by atoms with E-state index < -0.39 is 8.07 Å².